The van der Waals surface area contributed by atoms with Gasteiger partial charge in [0.2, 0.25) is 0 Å². The largest absolute Gasteiger partial charge is 1.00 e. The number of allylic oxidation sites excluding steroid dienone is 8. The maximum atomic E-state index is 13.0. The molecule has 2 atom stereocenters. The zero-order valence-corrected chi connectivity index (χ0v) is 30.0. The van der Waals surface area contributed by atoms with E-state index < -0.39 is 10.1 Å². The fraction of sp³-hybridized carbons (Fsp3) is 0.212. The second-order valence-electron chi connectivity index (χ2n) is 9.29. The minimum Gasteiger partial charge on any atom is -1.00 e. The molecule has 3 aromatic carbocycles. The van der Waals surface area contributed by atoms with Crippen molar-refractivity contribution in [2.75, 3.05) is 0 Å². The van der Waals surface area contributed by atoms with Gasteiger partial charge in [0.1, 0.15) is 11.6 Å². The van der Waals surface area contributed by atoms with Gasteiger partial charge in [-0.25, -0.2) is 19.9 Å². The van der Waals surface area contributed by atoms with Crippen molar-refractivity contribution in [1.29, 1.82) is 0 Å². The molecular weight excluding hydrogens is 756 g/mol. The standard InChI is InChI=1S/2C13H12F.C7H8Ge.2ClH.Hf/c2*1-9-6-10(2)13(7-9)11-4-3-5-12(14)8-11;1-8-7-5-3-2-4-6-7;;;/h2*3-5,7-9H,1-2H3;2-6H,1H3;2*1H;/q2*-1;;;;+2/p-2. The van der Waals surface area contributed by atoms with Gasteiger partial charge >= 0.3 is 71.8 Å². The van der Waals surface area contributed by atoms with Gasteiger partial charge in [0.25, 0.3) is 0 Å². The van der Waals surface area contributed by atoms with Crippen LogP contribution in [0.2, 0.25) is 5.76 Å². The molecule has 5 rings (SSSR count). The number of hydrogen-bond acceptors (Lipinski definition) is 0. The topological polar surface area (TPSA) is 0 Å². The van der Waals surface area contributed by atoms with E-state index in [1.54, 1.807) is 28.7 Å². The van der Waals surface area contributed by atoms with Gasteiger partial charge in [-0.3, -0.25) is 12.2 Å². The van der Waals surface area contributed by atoms with Gasteiger partial charge in [-0.15, -0.1) is 0 Å². The van der Waals surface area contributed by atoms with Crippen molar-refractivity contribution in [2.24, 2.45) is 11.8 Å². The van der Waals surface area contributed by atoms with E-state index in [9.17, 15) is 8.78 Å². The Labute approximate surface area is 260 Å². The van der Waals surface area contributed by atoms with Crippen LogP contribution in [0.1, 0.15) is 38.8 Å². The van der Waals surface area contributed by atoms with Crippen molar-refractivity contribution in [3.8, 4) is 0 Å². The predicted octanol–water partition coefficient (Wildman–Crippen LogP) is 2.29. The van der Waals surface area contributed by atoms with Gasteiger partial charge in [-0.1, -0.05) is 74.9 Å². The van der Waals surface area contributed by atoms with Crippen LogP contribution in [0.3, 0.4) is 0 Å². The Morgan fingerprint density at radius 2 is 1.08 bits per heavy atom. The normalized spacial score (nSPS) is 16.9. The molecule has 0 spiro atoms. The second kappa shape index (κ2) is 17.3. The third-order valence-electron chi connectivity index (χ3n) is 6.01. The van der Waals surface area contributed by atoms with Gasteiger partial charge in [0, 0.05) is 0 Å². The van der Waals surface area contributed by atoms with Crippen molar-refractivity contribution >= 4 is 25.6 Å². The monoisotopic (exact) mass is 790 g/mol. The smallest absolute Gasteiger partial charge is 1.00 e. The van der Waals surface area contributed by atoms with Crippen LogP contribution in [0.15, 0.2) is 102 Å². The summed E-state index contributed by atoms with van der Waals surface area (Å²) in [5.74, 6) is 2.75. The van der Waals surface area contributed by atoms with E-state index in [0.717, 1.165) is 33.4 Å². The quantitative estimate of drug-likeness (QED) is 0.283. The fourth-order valence-corrected chi connectivity index (χ4v) is 8.86. The molecule has 0 aliphatic heterocycles. The molecule has 2 aliphatic carbocycles. The summed E-state index contributed by atoms with van der Waals surface area (Å²) in [6.07, 6.45) is 10.8. The average Bonchev–Trinajstić information content (AvgIpc) is 3.39. The van der Waals surface area contributed by atoms with E-state index in [-0.39, 0.29) is 36.4 Å². The van der Waals surface area contributed by atoms with Gasteiger partial charge in [0.05, 0.1) is 0 Å². The van der Waals surface area contributed by atoms with Gasteiger partial charge in [-0.2, -0.15) is 23.3 Å². The van der Waals surface area contributed by atoms with E-state index in [2.05, 4.69) is 74.2 Å². The van der Waals surface area contributed by atoms with Crippen LogP contribution in [0.5, 0.6) is 0 Å². The van der Waals surface area contributed by atoms with Crippen LogP contribution >= 0.6 is 0 Å². The summed E-state index contributed by atoms with van der Waals surface area (Å²) in [4.78, 5) is 0. The molecule has 0 saturated carbocycles. The molecule has 39 heavy (non-hydrogen) atoms. The van der Waals surface area contributed by atoms with Crippen molar-refractivity contribution in [2.45, 2.75) is 33.5 Å². The van der Waals surface area contributed by atoms with Crippen molar-refractivity contribution < 1.29 is 54.9 Å². The Balaban J connectivity index is 0.000000292. The van der Waals surface area contributed by atoms with E-state index in [1.165, 1.54) is 33.4 Å². The Hall–Kier alpha value is -1.53. The Kier molecular flexibility index (Phi) is 15.8. The number of benzene rings is 3. The minimum absolute atomic E-state index is 0. The molecular formula is C33H32Cl2F2GeHf-2. The molecule has 0 heterocycles. The maximum absolute atomic E-state index is 13.0. The van der Waals surface area contributed by atoms with Crippen LogP contribution < -0.4 is 29.2 Å². The number of halogens is 4. The van der Waals surface area contributed by atoms with Gasteiger partial charge in [0.15, 0.2) is 0 Å². The van der Waals surface area contributed by atoms with Gasteiger partial charge < -0.3 is 24.8 Å². The van der Waals surface area contributed by atoms with E-state index >= 15 is 0 Å². The molecule has 0 bridgehead atoms. The summed E-state index contributed by atoms with van der Waals surface area (Å²) in [6.45, 7) is 8.19. The second-order valence-corrected chi connectivity index (χ2v) is 27.1. The predicted molar refractivity (Wildman–Crippen MR) is 150 cm³/mol. The maximum Gasteiger partial charge on any atom is -1.00 e. The van der Waals surface area contributed by atoms with Crippen LogP contribution in [0.4, 0.5) is 8.78 Å². The first-order valence-electron chi connectivity index (χ1n) is 12.4. The average molecular weight is 789 g/mol. The van der Waals surface area contributed by atoms with E-state index in [1.807, 2.05) is 26.0 Å². The van der Waals surface area contributed by atoms with Crippen LogP contribution in [0, 0.1) is 35.6 Å². The summed E-state index contributed by atoms with van der Waals surface area (Å²) in [7, 11) is -0.627. The third kappa shape index (κ3) is 11.1. The summed E-state index contributed by atoms with van der Waals surface area (Å²) in [6, 6.07) is 24.3. The summed E-state index contributed by atoms with van der Waals surface area (Å²) in [5.41, 5.74) is 6.33. The molecule has 0 amide bonds. The Morgan fingerprint density at radius 1 is 0.667 bits per heavy atom. The van der Waals surface area contributed by atoms with Crippen LogP contribution in [-0.4, -0.2) is 10.1 Å². The third-order valence-corrected chi connectivity index (χ3v) is 13.9. The Bertz CT molecular complexity index is 1300. The molecule has 0 fully saturated rings. The van der Waals surface area contributed by atoms with Crippen LogP contribution in [-0.2, 0) is 21.3 Å². The number of rotatable bonds is 3. The molecule has 202 valence electrons. The zero-order valence-electron chi connectivity index (χ0n) is 22.8. The Morgan fingerprint density at radius 3 is 1.36 bits per heavy atom. The van der Waals surface area contributed by atoms with E-state index in [0.29, 0.717) is 11.8 Å². The molecule has 3 aromatic rings. The van der Waals surface area contributed by atoms with E-state index in [4.69, 9.17) is 0 Å². The minimum atomic E-state index is -0.627. The van der Waals surface area contributed by atoms with Crippen LogP contribution in [0.25, 0.3) is 11.1 Å². The molecule has 0 nitrogen and oxygen atoms in total. The molecule has 6 heteroatoms. The molecule has 0 N–H and O–H groups in total. The molecule has 2 aliphatic rings. The zero-order chi connectivity index (χ0) is 26.9. The summed E-state index contributed by atoms with van der Waals surface area (Å²) >= 11 is 1.42. The van der Waals surface area contributed by atoms with Gasteiger partial charge in [-0.05, 0) is 24.3 Å². The first-order valence-corrected chi connectivity index (χ1v) is 25.9. The number of hydrogen-bond donors (Lipinski definition) is 0. The first-order chi connectivity index (χ1) is 17.6. The SMILES string of the molecule is CC1=[C-]C(C)C=C1c1cccc(F)c1.CC1=[C-]C(C)C=C1c1cccc(F)c1.[CH3][Ge](=[Hf+2])[c]1ccccc1.[Cl-].[Cl-]. The van der Waals surface area contributed by atoms with Crippen molar-refractivity contribution in [3.05, 3.63) is 137 Å². The summed E-state index contributed by atoms with van der Waals surface area (Å²) < 4.78 is 27.6. The van der Waals surface area contributed by atoms with Crippen molar-refractivity contribution in [3.63, 3.8) is 0 Å². The molecule has 0 radical (unpaired) electrons. The summed E-state index contributed by atoms with van der Waals surface area (Å²) in [5, 5.41) is 0. The molecule has 0 aromatic heterocycles. The fourth-order valence-electron chi connectivity index (χ4n) is 4.30. The first kappa shape index (κ1) is 35.5. The molecule has 2 unspecified atom stereocenters. The van der Waals surface area contributed by atoms with Crippen molar-refractivity contribution in [1.82, 2.24) is 0 Å². The molecule has 0 saturated heterocycles.